The molecule has 0 saturated carbocycles. The van der Waals surface area contributed by atoms with E-state index in [2.05, 4.69) is 5.32 Å². The molecule has 0 aliphatic heterocycles. The van der Waals surface area contributed by atoms with Gasteiger partial charge in [0.2, 0.25) is 0 Å². The van der Waals surface area contributed by atoms with Crippen molar-refractivity contribution in [1.82, 2.24) is 10.2 Å². The van der Waals surface area contributed by atoms with Crippen molar-refractivity contribution in [2.24, 2.45) is 0 Å². The first-order chi connectivity index (χ1) is 7.87. The number of carbonyl (C=O) groups is 1. The fourth-order valence-corrected chi connectivity index (χ4v) is 1.44. The van der Waals surface area contributed by atoms with Crippen LogP contribution in [0.4, 0.5) is 4.79 Å². The molecule has 0 aliphatic carbocycles. The quantitative estimate of drug-likeness (QED) is 0.700. The van der Waals surface area contributed by atoms with Crippen LogP contribution in [0.2, 0.25) is 0 Å². The summed E-state index contributed by atoms with van der Waals surface area (Å²) in [5.74, 6) is 0. The van der Waals surface area contributed by atoms with E-state index in [1.807, 2.05) is 27.8 Å². The molecule has 0 saturated heterocycles. The average Bonchev–Trinajstić information content (AvgIpc) is 2.20. The molecule has 1 amide bonds. The van der Waals surface area contributed by atoms with Gasteiger partial charge in [0.1, 0.15) is 5.60 Å². The molecule has 4 nitrogen and oxygen atoms in total. The zero-order valence-electron chi connectivity index (χ0n) is 12.0. The molecule has 102 valence electrons. The number of carbonyl (C=O) groups excluding carboxylic acids is 1. The lowest BCUT2D eigenvalue weighted by Crippen LogP contribution is -2.34. The third-order valence-corrected chi connectivity index (χ3v) is 2.38. The number of nitrogens with zero attached hydrogens (tertiary/aromatic N) is 1. The van der Waals surface area contributed by atoms with Crippen molar-refractivity contribution in [1.29, 1.82) is 0 Å². The molecular weight excluding hydrogens is 216 g/mol. The van der Waals surface area contributed by atoms with Crippen LogP contribution in [0.25, 0.3) is 0 Å². The topological polar surface area (TPSA) is 41.6 Å². The first kappa shape index (κ1) is 16.2. The van der Waals surface area contributed by atoms with Gasteiger partial charge in [-0.2, -0.15) is 0 Å². The zero-order valence-corrected chi connectivity index (χ0v) is 12.0. The number of amides is 1. The van der Waals surface area contributed by atoms with Crippen LogP contribution in [0.5, 0.6) is 0 Å². The molecule has 0 spiro atoms. The molecule has 0 aliphatic rings. The number of unbranched alkanes of at least 4 members (excludes halogenated alkanes) is 3. The van der Waals surface area contributed by atoms with Gasteiger partial charge in [0.25, 0.3) is 0 Å². The minimum Gasteiger partial charge on any atom is -0.444 e. The van der Waals surface area contributed by atoms with E-state index >= 15 is 0 Å². The van der Waals surface area contributed by atoms with Crippen molar-refractivity contribution in [3.8, 4) is 0 Å². The minimum atomic E-state index is -0.405. The lowest BCUT2D eigenvalue weighted by Gasteiger charge is -2.24. The number of hydrogen-bond acceptors (Lipinski definition) is 3. The second-order valence-corrected chi connectivity index (χ2v) is 5.42. The minimum absolute atomic E-state index is 0.229. The second-order valence-electron chi connectivity index (χ2n) is 5.42. The number of hydrogen-bond donors (Lipinski definition) is 1. The summed E-state index contributed by atoms with van der Waals surface area (Å²) in [6.07, 6.45) is 4.39. The van der Waals surface area contributed by atoms with Crippen LogP contribution in [-0.2, 0) is 4.74 Å². The Morgan fingerprint density at radius 1 is 1.18 bits per heavy atom. The molecule has 0 aromatic carbocycles. The highest BCUT2D eigenvalue weighted by molar-refractivity contribution is 5.67. The Labute approximate surface area is 106 Å². The van der Waals surface area contributed by atoms with E-state index in [-0.39, 0.29) is 6.09 Å². The fraction of sp³-hybridized carbons (Fsp3) is 0.923. The summed E-state index contributed by atoms with van der Waals surface area (Å²) in [5, 5.41) is 3.13. The summed E-state index contributed by atoms with van der Waals surface area (Å²) < 4.78 is 5.27. The van der Waals surface area contributed by atoms with E-state index in [9.17, 15) is 4.79 Å². The molecule has 0 rings (SSSR count). The highest BCUT2D eigenvalue weighted by Gasteiger charge is 2.18. The van der Waals surface area contributed by atoms with E-state index in [0.717, 1.165) is 25.9 Å². The third kappa shape index (κ3) is 10.1. The Morgan fingerprint density at radius 2 is 1.76 bits per heavy atom. The molecule has 0 bridgehead atoms. The Balaban J connectivity index is 3.58. The van der Waals surface area contributed by atoms with Gasteiger partial charge in [0.15, 0.2) is 0 Å². The molecule has 0 heterocycles. The first-order valence-electron chi connectivity index (χ1n) is 6.45. The predicted molar refractivity (Wildman–Crippen MR) is 71.3 cm³/mol. The number of nitrogens with one attached hydrogen (secondary N) is 1. The molecule has 0 atom stereocenters. The van der Waals surface area contributed by atoms with Gasteiger partial charge in [-0.15, -0.1) is 0 Å². The van der Waals surface area contributed by atoms with Gasteiger partial charge >= 0.3 is 6.09 Å². The van der Waals surface area contributed by atoms with Crippen LogP contribution in [0, 0.1) is 0 Å². The van der Waals surface area contributed by atoms with Crippen LogP contribution in [0.1, 0.15) is 46.5 Å². The van der Waals surface area contributed by atoms with E-state index in [1.165, 1.54) is 12.8 Å². The molecular formula is C13H28N2O2. The maximum Gasteiger partial charge on any atom is 0.410 e. The van der Waals surface area contributed by atoms with E-state index in [0.29, 0.717) is 0 Å². The number of ether oxygens (including phenoxy) is 1. The van der Waals surface area contributed by atoms with Crippen molar-refractivity contribution < 1.29 is 9.53 Å². The van der Waals surface area contributed by atoms with Gasteiger partial charge in [-0.1, -0.05) is 12.8 Å². The largest absolute Gasteiger partial charge is 0.444 e. The first-order valence-corrected chi connectivity index (χ1v) is 6.45. The summed E-state index contributed by atoms with van der Waals surface area (Å²) >= 11 is 0. The zero-order chi connectivity index (χ0) is 13.3. The number of rotatable bonds is 7. The molecule has 0 radical (unpaired) electrons. The van der Waals surface area contributed by atoms with Gasteiger partial charge in [-0.3, -0.25) is 0 Å². The van der Waals surface area contributed by atoms with Crippen LogP contribution in [0.15, 0.2) is 0 Å². The summed E-state index contributed by atoms with van der Waals surface area (Å²) in [5.41, 5.74) is -0.405. The molecule has 0 aromatic heterocycles. The highest BCUT2D eigenvalue weighted by atomic mass is 16.6. The Bertz CT molecular complexity index is 212. The lowest BCUT2D eigenvalue weighted by atomic mass is 10.2. The Kier molecular flexibility index (Phi) is 7.96. The van der Waals surface area contributed by atoms with Crippen LogP contribution >= 0.6 is 0 Å². The monoisotopic (exact) mass is 244 g/mol. The van der Waals surface area contributed by atoms with Gasteiger partial charge in [0, 0.05) is 13.6 Å². The maximum absolute atomic E-state index is 11.6. The maximum atomic E-state index is 11.6. The lowest BCUT2D eigenvalue weighted by molar-refractivity contribution is 0.0296. The van der Waals surface area contributed by atoms with Crippen molar-refractivity contribution in [3.63, 3.8) is 0 Å². The molecule has 0 unspecified atom stereocenters. The summed E-state index contributed by atoms with van der Waals surface area (Å²) in [6.45, 7) is 7.50. The van der Waals surface area contributed by atoms with Gasteiger partial charge < -0.3 is 15.0 Å². The SMILES string of the molecule is CNCCCCCCN(C)C(=O)OC(C)(C)C. The Hall–Kier alpha value is -0.770. The smallest absolute Gasteiger partial charge is 0.410 e. The highest BCUT2D eigenvalue weighted by Crippen LogP contribution is 2.09. The van der Waals surface area contributed by atoms with Crippen molar-refractivity contribution in [2.45, 2.75) is 52.1 Å². The summed E-state index contributed by atoms with van der Waals surface area (Å²) in [6, 6.07) is 0. The summed E-state index contributed by atoms with van der Waals surface area (Å²) in [4.78, 5) is 13.3. The molecule has 0 aromatic rings. The second kappa shape index (κ2) is 8.34. The van der Waals surface area contributed by atoms with Crippen molar-refractivity contribution in [3.05, 3.63) is 0 Å². The van der Waals surface area contributed by atoms with E-state index in [1.54, 1.807) is 11.9 Å². The molecule has 0 fully saturated rings. The molecule has 1 N–H and O–H groups in total. The van der Waals surface area contributed by atoms with Crippen molar-refractivity contribution >= 4 is 6.09 Å². The Morgan fingerprint density at radius 3 is 2.29 bits per heavy atom. The van der Waals surface area contributed by atoms with Gasteiger partial charge in [0.05, 0.1) is 0 Å². The molecule has 17 heavy (non-hydrogen) atoms. The van der Waals surface area contributed by atoms with Gasteiger partial charge in [-0.25, -0.2) is 4.79 Å². The van der Waals surface area contributed by atoms with Gasteiger partial charge in [-0.05, 0) is 47.2 Å². The normalized spacial score (nSPS) is 11.4. The fourth-order valence-electron chi connectivity index (χ4n) is 1.44. The van der Waals surface area contributed by atoms with Crippen LogP contribution in [0.3, 0.4) is 0 Å². The van der Waals surface area contributed by atoms with E-state index < -0.39 is 5.60 Å². The standard InChI is InChI=1S/C13H28N2O2/c1-13(2,3)17-12(16)15(5)11-9-7-6-8-10-14-4/h14H,6-11H2,1-5H3. The van der Waals surface area contributed by atoms with E-state index in [4.69, 9.17) is 4.74 Å². The van der Waals surface area contributed by atoms with Crippen LogP contribution in [-0.4, -0.2) is 43.8 Å². The van der Waals surface area contributed by atoms with Crippen molar-refractivity contribution in [2.75, 3.05) is 27.2 Å². The summed E-state index contributed by atoms with van der Waals surface area (Å²) in [7, 11) is 3.76. The molecule has 4 heteroatoms. The average molecular weight is 244 g/mol. The van der Waals surface area contributed by atoms with Crippen LogP contribution < -0.4 is 5.32 Å². The third-order valence-electron chi connectivity index (χ3n) is 2.38. The predicted octanol–water partition coefficient (Wildman–Crippen LogP) is 2.63.